The second-order valence-corrected chi connectivity index (χ2v) is 6.30. The molecule has 1 amide bonds. The number of carbonyl (C=O) groups is 1. The number of unbranched alkanes of at least 4 members (excludes halogenated alkanes) is 1. The fourth-order valence-corrected chi connectivity index (χ4v) is 2.71. The van der Waals surface area contributed by atoms with Crippen LogP contribution in [-0.2, 0) is 0 Å². The van der Waals surface area contributed by atoms with E-state index in [0.29, 0.717) is 5.56 Å². The van der Waals surface area contributed by atoms with Crippen molar-refractivity contribution in [2.45, 2.75) is 45.6 Å². The van der Waals surface area contributed by atoms with Crippen LogP contribution in [0.3, 0.4) is 0 Å². The van der Waals surface area contributed by atoms with Crippen molar-refractivity contribution in [1.29, 1.82) is 0 Å². The molecule has 0 aromatic heterocycles. The molecule has 0 aliphatic heterocycles. The third kappa shape index (κ3) is 5.95. The van der Waals surface area contributed by atoms with Gasteiger partial charge in [0, 0.05) is 16.4 Å². The second-order valence-electron chi connectivity index (χ2n) is 5.50. The summed E-state index contributed by atoms with van der Waals surface area (Å²) in [5, 5.41) is 3.90. The zero-order valence-electron chi connectivity index (χ0n) is 12.5. The number of carbonyl (C=O) groups excluding carboxylic acids is 1. The molecule has 0 saturated heterocycles. The topological polar surface area (TPSA) is 38.3 Å². The summed E-state index contributed by atoms with van der Waals surface area (Å²) in [6.07, 6.45) is 3.04. The van der Waals surface area contributed by atoms with Crippen LogP contribution < -0.4 is 10.1 Å². The van der Waals surface area contributed by atoms with Crippen molar-refractivity contribution in [3.63, 3.8) is 0 Å². The normalized spacial score (nSPS) is 11.2. The molecule has 0 bridgehead atoms. The van der Waals surface area contributed by atoms with E-state index in [9.17, 15) is 4.79 Å². The van der Waals surface area contributed by atoms with Crippen LogP contribution in [0.4, 0.5) is 0 Å². The monoisotopic (exact) mass is 341 g/mol. The standard InChI is InChI=1S/C16H24BrNO2/c1-4-5-12-20-14-8-6-13(7-9-14)15(19)18-16(2,3)10-11-17/h6-9H,4-5,10-12H2,1-3H3,(H,18,19). The van der Waals surface area contributed by atoms with Gasteiger partial charge in [-0.15, -0.1) is 0 Å². The number of halogens is 1. The molecule has 0 heterocycles. The number of nitrogens with one attached hydrogen (secondary N) is 1. The molecule has 1 N–H and O–H groups in total. The van der Waals surface area contributed by atoms with Crippen molar-refractivity contribution >= 4 is 21.8 Å². The van der Waals surface area contributed by atoms with E-state index in [-0.39, 0.29) is 11.4 Å². The first kappa shape index (κ1) is 17.0. The Morgan fingerprint density at radius 1 is 1.30 bits per heavy atom. The summed E-state index contributed by atoms with van der Waals surface area (Å²) in [5.41, 5.74) is 0.451. The minimum atomic E-state index is -0.211. The van der Waals surface area contributed by atoms with Gasteiger partial charge in [0.05, 0.1) is 6.61 Å². The Morgan fingerprint density at radius 2 is 1.95 bits per heavy atom. The Balaban J connectivity index is 2.57. The Labute approximate surface area is 130 Å². The highest BCUT2D eigenvalue weighted by Gasteiger charge is 2.20. The van der Waals surface area contributed by atoms with Crippen molar-refractivity contribution in [3.8, 4) is 5.75 Å². The molecule has 3 nitrogen and oxygen atoms in total. The summed E-state index contributed by atoms with van der Waals surface area (Å²) in [7, 11) is 0. The van der Waals surface area contributed by atoms with Gasteiger partial charge in [-0.05, 0) is 51.0 Å². The molecule has 20 heavy (non-hydrogen) atoms. The first-order valence-corrected chi connectivity index (χ1v) is 8.22. The van der Waals surface area contributed by atoms with E-state index < -0.39 is 0 Å². The van der Waals surface area contributed by atoms with Gasteiger partial charge in [0.2, 0.25) is 0 Å². The predicted octanol–water partition coefficient (Wildman–Crippen LogP) is 4.16. The van der Waals surface area contributed by atoms with Crippen LogP contribution in [0.5, 0.6) is 5.75 Å². The summed E-state index contributed by atoms with van der Waals surface area (Å²) in [4.78, 5) is 12.1. The van der Waals surface area contributed by atoms with Crippen molar-refractivity contribution < 1.29 is 9.53 Å². The van der Waals surface area contributed by atoms with Gasteiger partial charge in [-0.2, -0.15) is 0 Å². The minimum Gasteiger partial charge on any atom is -0.494 e. The third-order valence-corrected chi connectivity index (χ3v) is 3.45. The molecule has 0 aliphatic carbocycles. The van der Waals surface area contributed by atoms with Gasteiger partial charge in [-0.25, -0.2) is 0 Å². The van der Waals surface area contributed by atoms with Gasteiger partial charge in [0.15, 0.2) is 0 Å². The largest absolute Gasteiger partial charge is 0.494 e. The smallest absolute Gasteiger partial charge is 0.251 e. The Bertz CT molecular complexity index is 415. The number of hydrogen-bond acceptors (Lipinski definition) is 2. The molecule has 4 heteroatoms. The maximum absolute atomic E-state index is 12.1. The molecule has 112 valence electrons. The first-order valence-electron chi connectivity index (χ1n) is 7.10. The van der Waals surface area contributed by atoms with Crippen LogP contribution in [0.1, 0.15) is 50.4 Å². The first-order chi connectivity index (χ1) is 9.48. The lowest BCUT2D eigenvalue weighted by Crippen LogP contribution is -2.43. The van der Waals surface area contributed by atoms with Crippen LogP contribution >= 0.6 is 15.9 Å². The molecule has 1 rings (SSSR count). The molecular formula is C16H24BrNO2. The van der Waals surface area contributed by atoms with Gasteiger partial charge in [-0.1, -0.05) is 29.3 Å². The molecule has 0 saturated carbocycles. The van der Waals surface area contributed by atoms with Gasteiger partial charge >= 0.3 is 0 Å². The van der Waals surface area contributed by atoms with E-state index in [2.05, 4.69) is 28.2 Å². The highest BCUT2D eigenvalue weighted by Crippen LogP contribution is 2.15. The maximum atomic E-state index is 12.1. The van der Waals surface area contributed by atoms with E-state index >= 15 is 0 Å². The molecule has 0 unspecified atom stereocenters. The molecule has 1 aromatic carbocycles. The highest BCUT2D eigenvalue weighted by atomic mass is 79.9. The lowest BCUT2D eigenvalue weighted by molar-refractivity contribution is 0.0912. The summed E-state index contributed by atoms with van der Waals surface area (Å²) >= 11 is 3.40. The molecule has 0 atom stereocenters. The maximum Gasteiger partial charge on any atom is 0.251 e. The van der Waals surface area contributed by atoms with Crippen molar-refractivity contribution in [1.82, 2.24) is 5.32 Å². The van der Waals surface area contributed by atoms with E-state index in [1.165, 1.54) is 0 Å². The molecule has 1 aromatic rings. The SMILES string of the molecule is CCCCOc1ccc(C(=O)NC(C)(C)CCBr)cc1. The quantitative estimate of drug-likeness (QED) is 0.569. The summed E-state index contributed by atoms with van der Waals surface area (Å²) < 4.78 is 5.58. The van der Waals surface area contributed by atoms with Crippen molar-refractivity contribution in [3.05, 3.63) is 29.8 Å². The fraction of sp³-hybridized carbons (Fsp3) is 0.562. The molecule has 0 aliphatic rings. The number of rotatable bonds is 8. The highest BCUT2D eigenvalue weighted by molar-refractivity contribution is 9.09. The molecular weight excluding hydrogens is 318 g/mol. The van der Waals surface area contributed by atoms with Crippen molar-refractivity contribution in [2.24, 2.45) is 0 Å². The van der Waals surface area contributed by atoms with Gasteiger partial charge in [0.25, 0.3) is 5.91 Å². The molecule has 0 spiro atoms. The minimum absolute atomic E-state index is 0.0453. The van der Waals surface area contributed by atoms with Gasteiger partial charge in [-0.3, -0.25) is 4.79 Å². The molecule has 0 radical (unpaired) electrons. The summed E-state index contributed by atoms with van der Waals surface area (Å²) in [5.74, 6) is 0.769. The van der Waals surface area contributed by atoms with Crippen LogP contribution in [-0.4, -0.2) is 23.4 Å². The molecule has 0 fully saturated rings. The predicted molar refractivity (Wildman–Crippen MR) is 86.8 cm³/mol. The summed E-state index contributed by atoms with van der Waals surface area (Å²) in [6.45, 7) is 6.90. The lowest BCUT2D eigenvalue weighted by atomic mass is 10.0. The Morgan fingerprint density at radius 3 is 2.50 bits per heavy atom. The zero-order chi connectivity index (χ0) is 15.0. The number of amides is 1. The van der Waals surface area contributed by atoms with E-state index in [1.807, 2.05) is 26.0 Å². The average Bonchev–Trinajstić information content (AvgIpc) is 2.39. The number of benzene rings is 1. The van der Waals surface area contributed by atoms with Crippen molar-refractivity contribution in [2.75, 3.05) is 11.9 Å². The third-order valence-electron chi connectivity index (χ3n) is 3.05. The second kappa shape index (κ2) is 8.30. The zero-order valence-corrected chi connectivity index (χ0v) is 14.1. The van der Waals surface area contributed by atoms with E-state index in [4.69, 9.17) is 4.74 Å². The van der Waals surface area contributed by atoms with Crippen LogP contribution in [0.15, 0.2) is 24.3 Å². The van der Waals surface area contributed by atoms with Gasteiger partial charge < -0.3 is 10.1 Å². The number of ether oxygens (including phenoxy) is 1. The van der Waals surface area contributed by atoms with Crippen LogP contribution in [0, 0.1) is 0 Å². The Hall–Kier alpha value is -1.03. The number of hydrogen-bond donors (Lipinski definition) is 1. The van der Waals surface area contributed by atoms with E-state index in [1.54, 1.807) is 12.1 Å². The fourth-order valence-electron chi connectivity index (χ4n) is 1.72. The van der Waals surface area contributed by atoms with Gasteiger partial charge in [0.1, 0.15) is 5.75 Å². The van der Waals surface area contributed by atoms with E-state index in [0.717, 1.165) is 36.9 Å². The van der Waals surface area contributed by atoms with Crippen LogP contribution in [0.25, 0.3) is 0 Å². The van der Waals surface area contributed by atoms with Crippen LogP contribution in [0.2, 0.25) is 0 Å². The average molecular weight is 342 g/mol. The summed E-state index contributed by atoms with van der Waals surface area (Å²) in [6, 6.07) is 7.31. The number of alkyl halides is 1. The Kier molecular flexibility index (Phi) is 7.06. The lowest BCUT2D eigenvalue weighted by Gasteiger charge is -2.25.